The maximum absolute atomic E-state index is 13.2. The molecule has 35 heavy (non-hydrogen) atoms. The summed E-state index contributed by atoms with van der Waals surface area (Å²) in [4.78, 5) is 39.0. The fourth-order valence-corrected chi connectivity index (χ4v) is 4.56. The van der Waals surface area contributed by atoms with Crippen LogP contribution < -0.4 is 14.4 Å². The normalized spacial score (nSPS) is 15.3. The van der Waals surface area contributed by atoms with Crippen molar-refractivity contribution in [1.82, 2.24) is 5.32 Å². The summed E-state index contributed by atoms with van der Waals surface area (Å²) < 4.78 is 30.9. The second-order valence-electron chi connectivity index (χ2n) is 7.78. The summed E-state index contributed by atoms with van der Waals surface area (Å²) in [5, 5.41) is 2.35. The largest absolute Gasteiger partial charge is 0.378 e. The van der Waals surface area contributed by atoms with E-state index in [0.717, 1.165) is 16.5 Å². The summed E-state index contributed by atoms with van der Waals surface area (Å²) in [5.74, 6) is -1.96. The molecule has 0 aliphatic carbocycles. The Morgan fingerprint density at radius 2 is 1.63 bits per heavy atom. The van der Waals surface area contributed by atoms with E-state index in [1.54, 1.807) is 43.3 Å². The molecule has 3 aromatic rings. The topological polar surface area (TPSA) is 110 Å². The molecule has 4 rings (SSSR count). The standard InChI is InChI=1S/C25H19ClN2O6S/c1-15-7-10-19(11-8-15)35(32,33)34-22-12-9-18(26)13-17(22)14-20-23(29)27-25(31)28(24(20)30)21-6-4-3-5-16(21)2/h3-14H,1-2H3,(H,27,29,31)/b20-14+. The lowest BCUT2D eigenvalue weighted by molar-refractivity contribution is -0.122. The Bertz CT molecular complexity index is 1500. The molecule has 178 valence electrons. The number of imide groups is 2. The van der Waals surface area contributed by atoms with Crippen LogP contribution in [0.4, 0.5) is 10.5 Å². The van der Waals surface area contributed by atoms with Gasteiger partial charge in [-0.05, 0) is 61.9 Å². The van der Waals surface area contributed by atoms with Gasteiger partial charge in [-0.2, -0.15) is 8.42 Å². The number of para-hydroxylation sites is 1. The van der Waals surface area contributed by atoms with Crippen LogP contribution in [-0.4, -0.2) is 26.3 Å². The van der Waals surface area contributed by atoms with Gasteiger partial charge in [-0.15, -0.1) is 0 Å². The van der Waals surface area contributed by atoms with Crippen molar-refractivity contribution in [2.45, 2.75) is 18.7 Å². The number of benzene rings is 3. The maximum Gasteiger partial charge on any atom is 0.339 e. The van der Waals surface area contributed by atoms with E-state index in [1.807, 2.05) is 6.92 Å². The molecule has 0 radical (unpaired) electrons. The third-order valence-electron chi connectivity index (χ3n) is 5.24. The van der Waals surface area contributed by atoms with E-state index in [2.05, 4.69) is 5.32 Å². The smallest absolute Gasteiger partial charge is 0.339 e. The van der Waals surface area contributed by atoms with Gasteiger partial charge in [0.1, 0.15) is 16.2 Å². The minimum atomic E-state index is -4.22. The Morgan fingerprint density at radius 3 is 2.31 bits per heavy atom. The predicted octanol–water partition coefficient (Wildman–Crippen LogP) is 4.39. The highest BCUT2D eigenvalue weighted by molar-refractivity contribution is 7.87. The van der Waals surface area contributed by atoms with E-state index in [9.17, 15) is 22.8 Å². The molecule has 1 aliphatic rings. The molecule has 1 aliphatic heterocycles. The van der Waals surface area contributed by atoms with Gasteiger partial charge < -0.3 is 4.18 Å². The summed E-state index contributed by atoms with van der Waals surface area (Å²) >= 11 is 6.10. The third kappa shape index (κ3) is 4.96. The molecule has 0 unspecified atom stereocenters. The highest BCUT2D eigenvalue weighted by Gasteiger charge is 2.37. The van der Waals surface area contributed by atoms with Gasteiger partial charge in [0.05, 0.1) is 5.69 Å². The molecule has 4 amide bonds. The van der Waals surface area contributed by atoms with Crippen molar-refractivity contribution in [2.24, 2.45) is 0 Å². The van der Waals surface area contributed by atoms with Gasteiger partial charge >= 0.3 is 16.1 Å². The minimum Gasteiger partial charge on any atom is -0.378 e. The van der Waals surface area contributed by atoms with Gasteiger partial charge in [-0.3, -0.25) is 14.9 Å². The molecular weight excluding hydrogens is 492 g/mol. The summed E-state index contributed by atoms with van der Waals surface area (Å²) in [7, 11) is -4.22. The first kappa shape index (κ1) is 24.2. The van der Waals surface area contributed by atoms with E-state index in [0.29, 0.717) is 11.3 Å². The number of nitrogens with zero attached hydrogens (tertiary/aromatic N) is 1. The van der Waals surface area contributed by atoms with Crippen LogP contribution in [0.2, 0.25) is 5.02 Å². The quantitative estimate of drug-likeness (QED) is 0.309. The zero-order valence-electron chi connectivity index (χ0n) is 18.6. The summed E-state index contributed by atoms with van der Waals surface area (Å²) in [6.45, 7) is 3.53. The van der Waals surface area contributed by atoms with Gasteiger partial charge in [0.15, 0.2) is 0 Å². The Morgan fingerprint density at radius 1 is 0.943 bits per heavy atom. The van der Waals surface area contributed by atoms with E-state index >= 15 is 0 Å². The number of amides is 4. The first-order valence-electron chi connectivity index (χ1n) is 10.3. The van der Waals surface area contributed by atoms with Gasteiger partial charge in [0, 0.05) is 10.6 Å². The number of hydrogen-bond acceptors (Lipinski definition) is 6. The first-order chi connectivity index (χ1) is 16.6. The first-order valence-corrected chi connectivity index (χ1v) is 12.1. The van der Waals surface area contributed by atoms with Crippen molar-refractivity contribution in [1.29, 1.82) is 0 Å². The number of barbiturate groups is 1. The van der Waals surface area contributed by atoms with Gasteiger partial charge in [0.25, 0.3) is 11.8 Å². The highest BCUT2D eigenvalue weighted by atomic mass is 35.5. The second kappa shape index (κ2) is 9.36. The van der Waals surface area contributed by atoms with Crippen molar-refractivity contribution in [3.8, 4) is 5.75 Å². The average molecular weight is 511 g/mol. The van der Waals surface area contributed by atoms with Crippen molar-refractivity contribution in [3.63, 3.8) is 0 Å². The maximum atomic E-state index is 13.2. The number of hydrogen-bond donors (Lipinski definition) is 1. The molecular formula is C25H19ClN2O6S. The zero-order chi connectivity index (χ0) is 25.3. The molecule has 0 saturated carbocycles. The van der Waals surface area contributed by atoms with Crippen molar-refractivity contribution in [3.05, 3.63) is 94.0 Å². The van der Waals surface area contributed by atoms with E-state index in [-0.39, 0.29) is 21.2 Å². The molecule has 10 heteroatoms. The zero-order valence-corrected chi connectivity index (χ0v) is 20.2. The van der Waals surface area contributed by atoms with Crippen LogP contribution in [0, 0.1) is 13.8 Å². The fraction of sp³-hybridized carbons (Fsp3) is 0.0800. The molecule has 0 bridgehead atoms. The molecule has 0 aromatic heterocycles. The van der Waals surface area contributed by atoms with Gasteiger partial charge in [-0.25, -0.2) is 9.69 Å². The van der Waals surface area contributed by atoms with E-state index in [4.69, 9.17) is 15.8 Å². The SMILES string of the molecule is Cc1ccc(S(=O)(=O)Oc2ccc(Cl)cc2/C=C2\C(=O)NC(=O)N(c3ccccc3C)C2=O)cc1. The molecule has 1 heterocycles. The molecule has 0 atom stereocenters. The Balaban J connectivity index is 1.76. The number of aryl methyl sites for hydroxylation is 2. The lowest BCUT2D eigenvalue weighted by Gasteiger charge is -2.27. The fourth-order valence-electron chi connectivity index (χ4n) is 3.43. The van der Waals surface area contributed by atoms with E-state index < -0.39 is 33.5 Å². The second-order valence-corrected chi connectivity index (χ2v) is 9.76. The van der Waals surface area contributed by atoms with Crippen LogP contribution in [0.25, 0.3) is 6.08 Å². The number of nitrogens with one attached hydrogen (secondary N) is 1. The highest BCUT2D eigenvalue weighted by Crippen LogP contribution is 2.30. The number of anilines is 1. The minimum absolute atomic E-state index is 0.0609. The lowest BCUT2D eigenvalue weighted by Crippen LogP contribution is -2.54. The van der Waals surface area contributed by atoms with Crippen LogP contribution in [0.15, 0.2) is 77.2 Å². The third-order valence-corrected chi connectivity index (χ3v) is 6.72. The summed E-state index contributed by atoms with van der Waals surface area (Å²) in [5.41, 5.74) is 1.48. The number of carbonyl (C=O) groups excluding carboxylic acids is 3. The van der Waals surface area contributed by atoms with Crippen molar-refractivity contribution >= 4 is 51.3 Å². The molecule has 8 nitrogen and oxygen atoms in total. The summed E-state index contributed by atoms with van der Waals surface area (Å²) in [6, 6.07) is 15.9. The average Bonchev–Trinajstić information content (AvgIpc) is 2.79. The molecule has 0 spiro atoms. The monoisotopic (exact) mass is 510 g/mol. The molecule has 1 fully saturated rings. The molecule has 3 aromatic carbocycles. The predicted molar refractivity (Wildman–Crippen MR) is 131 cm³/mol. The van der Waals surface area contributed by atoms with Crippen LogP contribution in [-0.2, 0) is 19.7 Å². The number of carbonyl (C=O) groups is 3. The van der Waals surface area contributed by atoms with Crippen LogP contribution in [0.1, 0.15) is 16.7 Å². The summed E-state index contributed by atoms with van der Waals surface area (Å²) in [6.07, 6.45) is 1.14. The lowest BCUT2D eigenvalue weighted by atomic mass is 10.1. The molecule has 1 saturated heterocycles. The van der Waals surface area contributed by atoms with Gasteiger partial charge in [-0.1, -0.05) is 47.5 Å². The van der Waals surface area contributed by atoms with E-state index in [1.165, 1.54) is 30.3 Å². The Kier molecular flexibility index (Phi) is 6.47. The molecule has 1 N–H and O–H groups in total. The number of rotatable bonds is 5. The Labute approximate surface area is 206 Å². The van der Waals surface area contributed by atoms with Crippen molar-refractivity contribution in [2.75, 3.05) is 4.90 Å². The van der Waals surface area contributed by atoms with Crippen LogP contribution in [0.5, 0.6) is 5.75 Å². The Hall–Kier alpha value is -3.95. The van der Waals surface area contributed by atoms with Crippen LogP contribution >= 0.6 is 11.6 Å². The van der Waals surface area contributed by atoms with Gasteiger partial charge in [0.2, 0.25) is 0 Å². The van der Waals surface area contributed by atoms with Crippen molar-refractivity contribution < 1.29 is 27.0 Å². The van der Waals surface area contributed by atoms with Crippen LogP contribution in [0.3, 0.4) is 0 Å². The number of urea groups is 1. The number of halogens is 1.